The molecule has 138 valence electrons. The van der Waals surface area contributed by atoms with Crippen molar-refractivity contribution in [2.24, 2.45) is 0 Å². The third-order valence-electron chi connectivity index (χ3n) is 4.11. The van der Waals surface area contributed by atoms with Crippen molar-refractivity contribution >= 4 is 29.2 Å². The smallest absolute Gasteiger partial charge is 0.342 e. The summed E-state index contributed by atoms with van der Waals surface area (Å²) in [4.78, 5) is 24.4. The van der Waals surface area contributed by atoms with Crippen LogP contribution in [0.5, 0.6) is 0 Å². The normalized spacial score (nSPS) is 10.5. The summed E-state index contributed by atoms with van der Waals surface area (Å²) < 4.78 is 6.77. The molecular formula is C20H18ClN3O3. The van der Waals surface area contributed by atoms with Gasteiger partial charge in [-0.15, -0.1) is 0 Å². The minimum atomic E-state index is -0.604. The van der Waals surface area contributed by atoms with Crippen LogP contribution in [0.2, 0.25) is 5.02 Å². The third-order valence-corrected chi connectivity index (χ3v) is 4.52. The van der Waals surface area contributed by atoms with Crippen molar-refractivity contribution in [3.63, 3.8) is 0 Å². The number of para-hydroxylation sites is 1. The predicted octanol–water partition coefficient (Wildman–Crippen LogP) is 3.94. The van der Waals surface area contributed by atoms with Gasteiger partial charge in [-0.2, -0.15) is 5.10 Å². The molecule has 2 aromatic carbocycles. The van der Waals surface area contributed by atoms with Crippen LogP contribution >= 0.6 is 11.6 Å². The summed E-state index contributed by atoms with van der Waals surface area (Å²) in [7, 11) is 0. The lowest BCUT2D eigenvalue weighted by molar-refractivity contribution is -0.119. The van der Waals surface area contributed by atoms with Crippen LogP contribution in [0.25, 0.3) is 5.69 Å². The molecular weight excluding hydrogens is 366 g/mol. The number of halogens is 1. The van der Waals surface area contributed by atoms with Crippen molar-refractivity contribution in [3.8, 4) is 5.69 Å². The van der Waals surface area contributed by atoms with Crippen LogP contribution in [0.4, 0.5) is 5.69 Å². The molecule has 0 aliphatic carbocycles. The maximum Gasteiger partial charge on any atom is 0.342 e. The summed E-state index contributed by atoms with van der Waals surface area (Å²) in [6, 6.07) is 14.6. The van der Waals surface area contributed by atoms with Gasteiger partial charge in [-0.1, -0.05) is 35.9 Å². The van der Waals surface area contributed by atoms with E-state index in [4.69, 9.17) is 16.3 Å². The molecule has 0 fully saturated rings. The van der Waals surface area contributed by atoms with Gasteiger partial charge >= 0.3 is 5.97 Å². The number of nitrogens with zero attached hydrogens (tertiary/aromatic N) is 2. The first-order valence-electron chi connectivity index (χ1n) is 8.29. The highest BCUT2D eigenvalue weighted by Gasteiger charge is 2.18. The lowest BCUT2D eigenvalue weighted by Gasteiger charge is -2.10. The quantitative estimate of drug-likeness (QED) is 0.677. The first kappa shape index (κ1) is 18.7. The Balaban J connectivity index is 1.64. The number of hydrogen-bond donors (Lipinski definition) is 1. The zero-order valence-electron chi connectivity index (χ0n) is 14.9. The van der Waals surface area contributed by atoms with E-state index in [2.05, 4.69) is 10.4 Å². The van der Waals surface area contributed by atoms with E-state index >= 15 is 0 Å². The Morgan fingerprint density at radius 1 is 1.11 bits per heavy atom. The number of ether oxygens (including phenoxy) is 1. The van der Waals surface area contributed by atoms with E-state index in [-0.39, 0.29) is 0 Å². The molecule has 0 saturated heterocycles. The molecule has 0 saturated carbocycles. The molecule has 0 unspecified atom stereocenters. The van der Waals surface area contributed by atoms with E-state index < -0.39 is 18.5 Å². The number of benzene rings is 2. The van der Waals surface area contributed by atoms with Crippen molar-refractivity contribution < 1.29 is 14.3 Å². The molecule has 1 N–H and O–H groups in total. The van der Waals surface area contributed by atoms with Crippen molar-refractivity contribution in [1.29, 1.82) is 0 Å². The van der Waals surface area contributed by atoms with Gasteiger partial charge in [-0.3, -0.25) is 4.79 Å². The monoisotopic (exact) mass is 383 g/mol. The average Bonchev–Trinajstić information content (AvgIpc) is 3.06. The molecule has 6 nitrogen and oxygen atoms in total. The van der Waals surface area contributed by atoms with E-state index in [0.717, 1.165) is 11.3 Å². The Labute approximate surface area is 161 Å². The van der Waals surface area contributed by atoms with Crippen molar-refractivity contribution in [2.45, 2.75) is 13.8 Å². The molecule has 3 aromatic rings. The largest absolute Gasteiger partial charge is 0.452 e. The number of esters is 1. The molecule has 1 heterocycles. The highest BCUT2D eigenvalue weighted by molar-refractivity contribution is 6.31. The standard InChI is InChI=1S/C20H18ClN3O3/c1-13-17(21)9-6-10-18(13)23-19(25)12-27-20(26)16-11-22-24(14(16)2)15-7-4-3-5-8-15/h3-11H,12H2,1-2H3,(H,23,25). The molecule has 1 amide bonds. The molecule has 7 heteroatoms. The van der Waals surface area contributed by atoms with Crippen LogP contribution < -0.4 is 5.32 Å². The second-order valence-electron chi connectivity index (χ2n) is 5.93. The summed E-state index contributed by atoms with van der Waals surface area (Å²) in [6.07, 6.45) is 1.43. The van der Waals surface area contributed by atoms with Crippen LogP contribution in [0.15, 0.2) is 54.7 Å². The summed E-state index contributed by atoms with van der Waals surface area (Å²) in [5.41, 5.74) is 3.11. The predicted molar refractivity (Wildman–Crippen MR) is 103 cm³/mol. The van der Waals surface area contributed by atoms with Gasteiger partial charge in [0.25, 0.3) is 5.91 Å². The molecule has 0 bridgehead atoms. The zero-order valence-corrected chi connectivity index (χ0v) is 15.7. The van der Waals surface area contributed by atoms with Gasteiger partial charge in [-0.05, 0) is 43.7 Å². The Hall–Kier alpha value is -3.12. The number of aromatic nitrogens is 2. The van der Waals surface area contributed by atoms with Gasteiger partial charge in [-0.25, -0.2) is 9.48 Å². The Morgan fingerprint density at radius 3 is 2.59 bits per heavy atom. The fraction of sp³-hybridized carbons (Fsp3) is 0.150. The second kappa shape index (κ2) is 8.05. The minimum Gasteiger partial charge on any atom is -0.452 e. The number of anilines is 1. The lowest BCUT2D eigenvalue weighted by Crippen LogP contribution is -2.21. The van der Waals surface area contributed by atoms with Crippen LogP contribution in [0, 0.1) is 13.8 Å². The molecule has 0 radical (unpaired) electrons. The fourth-order valence-electron chi connectivity index (χ4n) is 2.58. The minimum absolute atomic E-state index is 0.311. The van der Waals surface area contributed by atoms with E-state index in [1.807, 2.05) is 30.3 Å². The van der Waals surface area contributed by atoms with Gasteiger partial charge in [0.05, 0.1) is 17.6 Å². The summed E-state index contributed by atoms with van der Waals surface area (Å²) >= 11 is 6.03. The van der Waals surface area contributed by atoms with Crippen molar-refractivity contribution in [2.75, 3.05) is 11.9 Å². The SMILES string of the molecule is Cc1c(Cl)cccc1NC(=O)COC(=O)c1cnn(-c2ccccc2)c1C. The van der Waals surface area contributed by atoms with Crippen LogP contribution in [-0.4, -0.2) is 28.3 Å². The molecule has 0 aliphatic heterocycles. The Kier molecular flexibility index (Phi) is 5.57. The number of carbonyl (C=O) groups excluding carboxylic acids is 2. The van der Waals surface area contributed by atoms with Crippen LogP contribution in [0.1, 0.15) is 21.6 Å². The summed E-state index contributed by atoms with van der Waals surface area (Å²) in [5, 5.41) is 7.46. The topological polar surface area (TPSA) is 73.2 Å². The summed E-state index contributed by atoms with van der Waals surface area (Å²) in [6.45, 7) is 3.16. The van der Waals surface area contributed by atoms with Crippen molar-refractivity contribution in [1.82, 2.24) is 9.78 Å². The zero-order chi connectivity index (χ0) is 19.4. The number of hydrogen-bond acceptors (Lipinski definition) is 4. The van der Waals surface area contributed by atoms with E-state index in [0.29, 0.717) is 22.0 Å². The average molecular weight is 384 g/mol. The van der Waals surface area contributed by atoms with Gasteiger partial charge in [0.15, 0.2) is 6.61 Å². The third kappa shape index (κ3) is 4.17. The molecule has 27 heavy (non-hydrogen) atoms. The van der Waals surface area contributed by atoms with Gasteiger partial charge < -0.3 is 10.1 Å². The summed E-state index contributed by atoms with van der Waals surface area (Å²) in [5.74, 6) is -1.05. The number of amides is 1. The first-order valence-corrected chi connectivity index (χ1v) is 8.67. The van der Waals surface area contributed by atoms with E-state index in [1.165, 1.54) is 6.20 Å². The maximum atomic E-state index is 12.3. The van der Waals surface area contributed by atoms with Crippen molar-refractivity contribution in [3.05, 3.63) is 76.6 Å². The second-order valence-corrected chi connectivity index (χ2v) is 6.33. The molecule has 0 spiro atoms. The number of rotatable bonds is 5. The first-order chi connectivity index (χ1) is 13.0. The Bertz CT molecular complexity index is 983. The Morgan fingerprint density at radius 2 is 1.85 bits per heavy atom. The van der Waals surface area contributed by atoms with Crippen LogP contribution in [-0.2, 0) is 9.53 Å². The molecule has 0 aliphatic rings. The van der Waals surface area contributed by atoms with Gasteiger partial charge in [0, 0.05) is 10.7 Å². The number of nitrogens with one attached hydrogen (secondary N) is 1. The lowest BCUT2D eigenvalue weighted by atomic mass is 10.2. The van der Waals surface area contributed by atoms with E-state index in [1.54, 1.807) is 36.7 Å². The molecule has 1 aromatic heterocycles. The maximum absolute atomic E-state index is 12.3. The van der Waals surface area contributed by atoms with Gasteiger partial charge in [0.1, 0.15) is 5.56 Å². The highest BCUT2D eigenvalue weighted by atomic mass is 35.5. The highest BCUT2D eigenvalue weighted by Crippen LogP contribution is 2.22. The van der Waals surface area contributed by atoms with E-state index in [9.17, 15) is 9.59 Å². The number of carbonyl (C=O) groups is 2. The van der Waals surface area contributed by atoms with Crippen LogP contribution in [0.3, 0.4) is 0 Å². The molecule has 0 atom stereocenters. The fourth-order valence-corrected chi connectivity index (χ4v) is 2.75. The molecule has 3 rings (SSSR count). The van der Waals surface area contributed by atoms with Gasteiger partial charge in [0.2, 0.25) is 0 Å².